The number of unbranched alkanes of at least 4 members (excludes halogenated alkanes) is 4. The average Bonchev–Trinajstić information content (AvgIpc) is 2.67. The van der Waals surface area contributed by atoms with Gasteiger partial charge < -0.3 is 5.32 Å². The summed E-state index contributed by atoms with van der Waals surface area (Å²) in [7, 11) is -3.63. The molecule has 0 aliphatic rings. The molecule has 0 unspecified atom stereocenters. The fraction of sp³-hybridized carbons (Fsp3) is 0.381. The maximum atomic E-state index is 12.6. The van der Waals surface area contributed by atoms with Crippen molar-refractivity contribution < 1.29 is 13.2 Å². The van der Waals surface area contributed by atoms with Gasteiger partial charge in [0.05, 0.1) is 4.90 Å². The molecule has 2 aromatic carbocycles. The Morgan fingerprint density at radius 1 is 1.04 bits per heavy atom. The van der Waals surface area contributed by atoms with Crippen LogP contribution in [0.5, 0.6) is 0 Å². The molecular weight excluding hydrogens is 440 g/mol. The van der Waals surface area contributed by atoms with E-state index in [0.717, 1.165) is 35.7 Å². The molecule has 0 spiro atoms. The van der Waals surface area contributed by atoms with Gasteiger partial charge in [0.2, 0.25) is 10.0 Å². The van der Waals surface area contributed by atoms with Gasteiger partial charge >= 0.3 is 0 Å². The fourth-order valence-corrected chi connectivity index (χ4v) is 4.38. The number of hydrogen-bond donors (Lipinski definition) is 2. The Labute approximate surface area is 176 Å². The first-order chi connectivity index (χ1) is 13.3. The molecule has 1 amide bonds. The van der Waals surface area contributed by atoms with Crippen molar-refractivity contribution in [2.24, 2.45) is 0 Å². The maximum Gasteiger partial charge on any atom is 0.255 e. The SMILES string of the molecule is CCCCCCCNS(=O)(=O)c1cccc(C(=O)Nc2ccc(Br)cc2C)c1. The number of aryl methyl sites for hydroxylation is 1. The summed E-state index contributed by atoms with van der Waals surface area (Å²) in [6.45, 7) is 4.44. The molecule has 0 atom stereocenters. The minimum Gasteiger partial charge on any atom is -0.322 e. The zero-order valence-corrected chi connectivity index (χ0v) is 18.7. The monoisotopic (exact) mass is 466 g/mol. The van der Waals surface area contributed by atoms with Crippen LogP contribution in [0, 0.1) is 6.92 Å². The van der Waals surface area contributed by atoms with Gasteiger partial charge in [-0.2, -0.15) is 0 Å². The quantitative estimate of drug-likeness (QED) is 0.468. The van der Waals surface area contributed by atoms with E-state index in [2.05, 4.69) is 32.9 Å². The van der Waals surface area contributed by atoms with E-state index in [9.17, 15) is 13.2 Å². The van der Waals surface area contributed by atoms with Crippen LogP contribution in [0.25, 0.3) is 0 Å². The molecule has 0 fully saturated rings. The van der Waals surface area contributed by atoms with Crippen molar-refractivity contribution in [3.63, 3.8) is 0 Å². The van der Waals surface area contributed by atoms with E-state index in [4.69, 9.17) is 0 Å². The summed E-state index contributed by atoms with van der Waals surface area (Å²) in [5.41, 5.74) is 1.90. The molecule has 0 radical (unpaired) electrons. The van der Waals surface area contributed by atoms with Crippen LogP contribution < -0.4 is 10.0 Å². The lowest BCUT2D eigenvalue weighted by Gasteiger charge is -2.11. The standard InChI is InChI=1S/C21H27BrN2O3S/c1-3-4-5-6-7-13-23-28(26,27)19-10-8-9-17(15-19)21(25)24-20-12-11-18(22)14-16(20)2/h8-12,14-15,23H,3-7,13H2,1-2H3,(H,24,25). The zero-order chi connectivity index (χ0) is 20.6. The van der Waals surface area contributed by atoms with E-state index in [0.29, 0.717) is 17.8 Å². The van der Waals surface area contributed by atoms with E-state index in [1.54, 1.807) is 18.2 Å². The second kappa shape index (κ2) is 10.7. The number of carbonyl (C=O) groups is 1. The van der Waals surface area contributed by atoms with Crippen molar-refractivity contribution in [2.45, 2.75) is 50.8 Å². The number of halogens is 1. The molecule has 0 saturated heterocycles. The summed E-state index contributed by atoms with van der Waals surface area (Å²) < 4.78 is 28.5. The second-order valence-electron chi connectivity index (χ2n) is 6.75. The first-order valence-electron chi connectivity index (χ1n) is 9.50. The van der Waals surface area contributed by atoms with Crippen molar-refractivity contribution in [3.05, 3.63) is 58.1 Å². The molecule has 0 saturated carbocycles. The molecule has 152 valence electrons. The molecule has 0 aromatic heterocycles. The van der Waals surface area contributed by atoms with Gasteiger partial charge in [-0.3, -0.25) is 4.79 Å². The summed E-state index contributed by atoms with van der Waals surface area (Å²) in [5, 5.41) is 2.83. The van der Waals surface area contributed by atoms with Crippen molar-refractivity contribution >= 4 is 37.5 Å². The molecule has 0 heterocycles. The summed E-state index contributed by atoms with van der Waals surface area (Å²) in [4.78, 5) is 12.7. The number of benzene rings is 2. The molecule has 0 bridgehead atoms. The minimum absolute atomic E-state index is 0.0984. The summed E-state index contributed by atoms with van der Waals surface area (Å²) >= 11 is 3.39. The lowest BCUT2D eigenvalue weighted by Crippen LogP contribution is -2.25. The second-order valence-corrected chi connectivity index (χ2v) is 9.44. The van der Waals surface area contributed by atoms with Gasteiger partial charge in [0.25, 0.3) is 5.91 Å². The van der Waals surface area contributed by atoms with Crippen molar-refractivity contribution in [3.8, 4) is 0 Å². The van der Waals surface area contributed by atoms with Crippen LogP contribution in [0.3, 0.4) is 0 Å². The van der Waals surface area contributed by atoms with Crippen LogP contribution in [-0.2, 0) is 10.0 Å². The Morgan fingerprint density at radius 3 is 2.50 bits per heavy atom. The Morgan fingerprint density at radius 2 is 1.79 bits per heavy atom. The van der Waals surface area contributed by atoms with Crippen molar-refractivity contribution in [1.29, 1.82) is 0 Å². The maximum absolute atomic E-state index is 12.6. The Balaban J connectivity index is 2.02. The Hall–Kier alpha value is -1.70. The number of sulfonamides is 1. The van der Waals surface area contributed by atoms with Crippen LogP contribution >= 0.6 is 15.9 Å². The first-order valence-corrected chi connectivity index (χ1v) is 11.8. The number of amides is 1. The average molecular weight is 467 g/mol. The molecule has 7 heteroatoms. The van der Waals surface area contributed by atoms with E-state index >= 15 is 0 Å². The highest BCUT2D eigenvalue weighted by Crippen LogP contribution is 2.21. The van der Waals surface area contributed by atoms with Crippen LogP contribution in [0.4, 0.5) is 5.69 Å². The number of rotatable bonds is 10. The third kappa shape index (κ3) is 6.72. The molecule has 5 nitrogen and oxygen atoms in total. The highest BCUT2D eigenvalue weighted by atomic mass is 79.9. The lowest BCUT2D eigenvalue weighted by atomic mass is 10.1. The normalized spacial score (nSPS) is 11.4. The van der Waals surface area contributed by atoms with Crippen molar-refractivity contribution in [1.82, 2.24) is 4.72 Å². The fourth-order valence-electron chi connectivity index (χ4n) is 2.78. The number of hydrogen-bond acceptors (Lipinski definition) is 3. The Bertz CT molecular complexity index is 914. The van der Waals surface area contributed by atoms with Gasteiger partial charge in [-0.15, -0.1) is 0 Å². The lowest BCUT2D eigenvalue weighted by molar-refractivity contribution is 0.102. The predicted molar refractivity (Wildman–Crippen MR) is 117 cm³/mol. The number of nitrogens with one attached hydrogen (secondary N) is 2. The predicted octanol–water partition coefficient (Wildman–Crippen LogP) is 5.26. The van der Waals surface area contributed by atoms with E-state index < -0.39 is 10.0 Å². The van der Waals surface area contributed by atoms with E-state index in [-0.39, 0.29) is 10.8 Å². The van der Waals surface area contributed by atoms with Gasteiger partial charge in [0.1, 0.15) is 0 Å². The van der Waals surface area contributed by atoms with Gasteiger partial charge in [-0.05, 0) is 55.3 Å². The van der Waals surface area contributed by atoms with Crippen LogP contribution in [-0.4, -0.2) is 20.9 Å². The topological polar surface area (TPSA) is 75.3 Å². The highest BCUT2D eigenvalue weighted by Gasteiger charge is 2.16. The summed E-state index contributed by atoms with van der Waals surface area (Å²) in [6.07, 6.45) is 5.25. The molecular formula is C21H27BrN2O3S. The van der Waals surface area contributed by atoms with Gasteiger partial charge in [-0.1, -0.05) is 54.6 Å². The van der Waals surface area contributed by atoms with E-state index in [1.807, 2.05) is 19.1 Å². The minimum atomic E-state index is -3.63. The van der Waals surface area contributed by atoms with Gasteiger partial charge in [0.15, 0.2) is 0 Å². The van der Waals surface area contributed by atoms with Crippen LogP contribution in [0.1, 0.15) is 54.9 Å². The summed E-state index contributed by atoms with van der Waals surface area (Å²) in [5.74, 6) is -0.345. The third-order valence-electron chi connectivity index (χ3n) is 4.42. The van der Waals surface area contributed by atoms with Gasteiger partial charge in [0, 0.05) is 22.3 Å². The highest BCUT2D eigenvalue weighted by molar-refractivity contribution is 9.10. The molecule has 0 aliphatic carbocycles. The molecule has 2 rings (SSSR count). The van der Waals surface area contributed by atoms with Crippen molar-refractivity contribution in [2.75, 3.05) is 11.9 Å². The molecule has 28 heavy (non-hydrogen) atoms. The van der Waals surface area contributed by atoms with Crippen LogP contribution in [0.2, 0.25) is 0 Å². The van der Waals surface area contributed by atoms with E-state index in [1.165, 1.54) is 18.6 Å². The number of anilines is 1. The van der Waals surface area contributed by atoms with Crippen LogP contribution in [0.15, 0.2) is 51.8 Å². The largest absolute Gasteiger partial charge is 0.322 e. The Kier molecular flexibility index (Phi) is 8.66. The molecule has 2 N–H and O–H groups in total. The first kappa shape index (κ1) is 22.6. The molecule has 0 aliphatic heterocycles. The van der Waals surface area contributed by atoms with Gasteiger partial charge in [-0.25, -0.2) is 13.1 Å². The zero-order valence-electron chi connectivity index (χ0n) is 16.3. The molecule has 2 aromatic rings. The number of carbonyl (C=O) groups excluding carboxylic acids is 1. The summed E-state index contributed by atoms with van der Waals surface area (Å²) in [6, 6.07) is 11.6. The smallest absolute Gasteiger partial charge is 0.255 e. The third-order valence-corrected chi connectivity index (χ3v) is 6.37.